The van der Waals surface area contributed by atoms with Crippen LogP contribution >= 0.6 is 0 Å². The Labute approximate surface area is 94.4 Å². The highest BCUT2D eigenvalue weighted by Crippen LogP contribution is 1.97. The highest BCUT2D eigenvalue weighted by atomic mass is 16.4. The van der Waals surface area contributed by atoms with Crippen molar-refractivity contribution in [2.45, 2.75) is 0 Å². The number of benzene rings is 1. The number of rotatable bonds is 1. The van der Waals surface area contributed by atoms with Crippen LogP contribution in [0.15, 0.2) is 72.6 Å². The van der Waals surface area contributed by atoms with Gasteiger partial charge in [0.2, 0.25) is 0 Å². The summed E-state index contributed by atoms with van der Waals surface area (Å²) in [4.78, 5) is 10.3. The molecular weight excluding hydrogens is 202 g/mol. The summed E-state index contributed by atoms with van der Waals surface area (Å²) in [5, 5.41) is 11.2. The maximum atomic E-state index is 10.3. The summed E-state index contributed by atoms with van der Waals surface area (Å²) < 4.78 is 0. The average molecular weight is 215 g/mol. The van der Waals surface area contributed by atoms with Crippen LogP contribution in [0.25, 0.3) is 0 Å². The van der Waals surface area contributed by atoms with Gasteiger partial charge in [-0.2, -0.15) is 0 Å². The van der Waals surface area contributed by atoms with E-state index >= 15 is 0 Å². The topological polar surface area (TPSA) is 49.3 Å². The minimum atomic E-state index is -0.924. The zero-order chi connectivity index (χ0) is 11.6. The molecule has 1 aliphatic rings. The molecule has 0 fully saturated rings. The number of allylic oxidation sites excluding steroid dienone is 2. The summed E-state index contributed by atoms with van der Waals surface area (Å²) in [6.07, 6.45) is 8.01. The van der Waals surface area contributed by atoms with Gasteiger partial charge < -0.3 is 10.4 Å². The van der Waals surface area contributed by atoms with E-state index in [-0.39, 0.29) is 5.57 Å². The second kappa shape index (κ2) is 7.06. The van der Waals surface area contributed by atoms with Gasteiger partial charge in [0.15, 0.2) is 0 Å². The Morgan fingerprint density at radius 2 is 1.56 bits per heavy atom. The van der Waals surface area contributed by atoms with Crippen molar-refractivity contribution in [3.63, 3.8) is 0 Å². The van der Waals surface area contributed by atoms with Crippen LogP contribution in [0.5, 0.6) is 0 Å². The number of aliphatic carboxylic acids is 1. The molecule has 0 amide bonds. The molecular formula is C13H13NO2. The van der Waals surface area contributed by atoms with Gasteiger partial charge in [-0.15, -0.1) is 0 Å². The first-order valence-corrected chi connectivity index (χ1v) is 4.83. The molecule has 0 spiro atoms. The summed E-state index contributed by atoms with van der Waals surface area (Å²) in [5.74, 6) is -0.924. The van der Waals surface area contributed by atoms with E-state index in [0.29, 0.717) is 0 Å². The van der Waals surface area contributed by atoms with Gasteiger partial charge in [0, 0.05) is 12.4 Å². The van der Waals surface area contributed by atoms with Gasteiger partial charge in [0.25, 0.3) is 0 Å². The van der Waals surface area contributed by atoms with Gasteiger partial charge in [0.1, 0.15) is 0 Å². The molecule has 82 valence electrons. The Morgan fingerprint density at radius 1 is 1.00 bits per heavy atom. The van der Waals surface area contributed by atoms with Crippen LogP contribution in [0.3, 0.4) is 0 Å². The van der Waals surface area contributed by atoms with Crippen molar-refractivity contribution in [3.8, 4) is 0 Å². The van der Waals surface area contributed by atoms with Crippen LogP contribution in [0.4, 0.5) is 0 Å². The lowest BCUT2D eigenvalue weighted by atomic mass is 10.3. The standard InChI is InChI=1S/C7H7NO2.C6H6/c9-7(10)6-3-1-2-4-8-5-6;1-2-4-6-5-3-1/h1-5,8H,(H,9,10);1-6H. The molecule has 1 aromatic rings. The first-order valence-electron chi connectivity index (χ1n) is 4.83. The lowest BCUT2D eigenvalue weighted by molar-refractivity contribution is -0.132. The molecule has 1 aromatic carbocycles. The summed E-state index contributed by atoms with van der Waals surface area (Å²) in [6, 6.07) is 12.0. The fourth-order valence-corrected chi connectivity index (χ4v) is 0.974. The molecule has 2 rings (SSSR count). The maximum Gasteiger partial charge on any atom is 0.337 e. The molecule has 2 N–H and O–H groups in total. The second-order valence-electron chi connectivity index (χ2n) is 2.94. The van der Waals surface area contributed by atoms with Crippen molar-refractivity contribution in [3.05, 3.63) is 72.6 Å². The molecule has 3 heteroatoms. The summed E-state index contributed by atoms with van der Waals surface area (Å²) in [7, 11) is 0. The third kappa shape index (κ3) is 4.81. The van der Waals surface area contributed by atoms with E-state index in [2.05, 4.69) is 5.32 Å². The molecule has 16 heavy (non-hydrogen) atoms. The van der Waals surface area contributed by atoms with Crippen LogP contribution in [-0.4, -0.2) is 11.1 Å². The van der Waals surface area contributed by atoms with Crippen LogP contribution < -0.4 is 5.32 Å². The SMILES string of the molecule is O=C(O)C1=CNC=CC=C1.c1ccccc1. The van der Waals surface area contributed by atoms with E-state index in [1.807, 2.05) is 36.4 Å². The first kappa shape index (κ1) is 11.8. The molecule has 0 aliphatic carbocycles. The molecule has 0 unspecified atom stereocenters. The summed E-state index contributed by atoms with van der Waals surface area (Å²) in [6.45, 7) is 0. The average Bonchev–Trinajstić information content (AvgIpc) is 2.61. The number of hydrogen-bond acceptors (Lipinski definition) is 2. The molecule has 0 atom stereocenters. The Kier molecular flexibility index (Phi) is 5.20. The third-order valence-electron chi connectivity index (χ3n) is 1.73. The second-order valence-corrected chi connectivity index (χ2v) is 2.94. The highest BCUT2D eigenvalue weighted by molar-refractivity contribution is 5.89. The Hall–Kier alpha value is -2.29. The van der Waals surface area contributed by atoms with Gasteiger partial charge in [-0.1, -0.05) is 42.5 Å². The van der Waals surface area contributed by atoms with Crippen LogP contribution in [0.1, 0.15) is 0 Å². The number of nitrogens with one attached hydrogen (secondary N) is 1. The summed E-state index contributed by atoms with van der Waals surface area (Å²) in [5.41, 5.74) is 0.255. The quantitative estimate of drug-likeness (QED) is 0.755. The largest absolute Gasteiger partial charge is 0.478 e. The van der Waals surface area contributed by atoms with Crippen LogP contribution in [0, 0.1) is 0 Å². The van der Waals surface area contributed by atoms with Gasteiger partial charge >= 0.3 is 5.97 Å². The number of carbonyl (C=O) groups is 1. The molecule has 3 nitrogen and oxygen atoms in total. The normalized spacial score (nSPS) is 12.6. The van der Waals surface area contributed by atoms with Gasteiger partial charge in [-0.05, 0) is 12.2 Å². The van der Waals surface area contributed by atoms with Crippen molar-refractivity contribution in [1.29, 1.82) is 0 Å². The smallest absolute Gasteiger partial charge is 0.337 e. The minimum Gasteiger partial charge on any atom is -0.478 e. The van der Waals surface area contributed by atoms with Crippen molar-refractivity contribution < 1.29 is 9.90 Å². The molecule has 1 aliphatic heterocycles. The lowest BCUT2D eigenvalue weighted by Crippen LogP contribution is -2.01. The van der Waals surface area contributed by atoms with E-state index in [9.17, 15) is 4.79 Å². The van der Waals surface area contributed by atoms with Gasteiger partial charge in [0.05, 0.1) is 5.57 Å². The van der Waals surface area contributed by atoms with E-state index in [1.165, 1.54) is 12.3 Å². The predicted octanol–water partition coefficient (Wildman–Crippen LogP) is 2.31. The maximum absolute atomic E-state index is 10.3. The lowest BCUT2D eigenvalue weighted by Gasteiger charge is -1.90. The highest BCUT2D eigenvalue weighted by Gasteiger charge is 2.01. The van der Waals surface area contributed by atoms with Gasteiger partial charge in [-0.25, -0.2) is 4.79 Å². The van der Waals surface area contributed by atoms with E-state index in [0.717, 1.165) is 0 Å². The van der Waals surface area contributed by atoms with Crippen molar-refractivity contribution >= 4 is 5.97 Å². The molecule has 0 aromatic heterocycles. The summed E-state index contributed by atoms with van der Waals surface area (Å²) >= 11 is 0. The molecule has 0 saturated carbocycles. The van der Waals surface area contributed by atoms with Crippen LogP contribution in [-0.2, 0) is 4.79 Å². The Morgan fingerprint density at radius 3 is 2.06 bits per heavy atom. The van der Waals surface area contributed by atoms with Crippen molar-refractivity contribution in [2.24, 2.45) is 0 Å². The predicted molar refractivity (Wildman–Crippen MR) is 63.6 cm³/mol. The molecule has 1 heterocycles. The number of hydrogen-bond donors (Lipinski definition) is 2. The Balaban J connectivity index is 0.000000181. The van der Waals surface area contributed by atoms with E-state index in [4.69, 9.17) is 5.11 Å². The van der Waals surface area contributed by atoms with Gasteiger partial charge in [-0.3, -0.25) is 0 Å². The van der Waals surface area contributed by atoms with Crippen LogP contribution in [0.2, 0.25) is 0 Å². The zero-order valence-electron chi connectivity index (χ0n) is 8.71. The first-order chi connectivity index (χ1) is 7.80. The van der Waals surface area contributed by atoms with E-state index < -0.39 is 5.97 Å². The number of carboxylic acids is 1. The van der Waals surface area contributed by atoms with E-state index in [1.54, 1.807) is 18.4 Å². The zero-order valence-corrected chi connectivity index (χ0v) is 8.71. The molecule has 0 saturated heterocycles. The third-order valence-corrected chi connectivity index (χ3v) is 1.73. The molecule has 0 radical (unpaired) electrons. The molecule has 0 bridgehead atoms. The Bertz CT molecular complexity index is 378. The fourth-order valence-electron chi connectivity index (χ4n) is 0.974. The minimum absolute atomic E-state index is 0.255. The van der Waals surface area contributed by atoms with Crippen molar-refractivity contribution in [2.75, 3.05) is 0 Å². The monoisotopic (exact) mass is 215 g/mol. The van der Waals surface area contributed by atoms with Crippen molar-refractivity contribution in [1.82, 2.24) is 5.32 Å². The fraction of sp³-hybridized carbons (Fsp3) is 0. The number of carboxylic acid groups (broad SMARTS) is 1.